The first-order valence-electron chi connectivity index (χ1n) is 7.37. The Labute approximate surface area is 128 Å². The maximum Gasteiger partial charge on any atom is 0.192 e. The number of ketones is 1. The van der Waals surface area contributed by atoms with Gasteiger partial charge in [0.15, 0.2) is 11.4 Å². The molecule has 0 spiro atoms. The number of carbonyl (C=O) groups is 1. The minimum absolute atomic E-state index is 0.0124. The molecule has 1 aliphatic carbocycles. The predicted octanol–water partition coefficient (Wildman–Crippen LogP) is 3.95. The Hall–Kier alpha value is -2.36. The van der Waals surface area contributed by atoms with Gasteiger partial charge in [-0.15, -0.1) is 0 Å². The lowest BCUT2D eigenvalue weighted by Gasteiger charge is -2.36. The van der Waals surface area contributed by atoms with Crippen LogP contribution in [0.1, 0.15) is 31.2 Å². The van der Waals surface area contributed by atoms with Gasteiger partial charge in [-0.2, -0.15) is 0 Å². The lowest BCUT2D eigenvalue weighted by Crippen LogP contribution is -2.44. The van der Waals surface area contributed by atoms with Crippen LogP contribution in [-0.4, -0.2) is 10.9 Å². The van der Waals surface area contributed by atoms with Crippen LogP contribution < -0.4 is 4.74 Å². The third-order valence-electron chi connectivity index (χ3n) is 4.07. The van der Waals surface area contributed by atoms with E-state index in [9.17, 15) is 14.3 Å². The summed E-state index contributed by atoms with van der Waals surface area (Å²) in [5, 5.41) is 9.36. The molecule has 3 rings (SSSR count). The van der Waals surface area contributed by atoms with E-state index in [0.717, 1.165) is 12.8 Å². The molecule has 1 aliphatic rings. The van der Waals surface area contributed by atoms with Crippen molar-refractivity contribution in [2.45, 2.75) is 31.3 Å². The molecule has 1 N–H and O–H groups in total. The van der Waals surface area contributed by atoms with E-state index in [1.54, 1.807) is 24.3 Å². The fraction of sp³-hybridized carbons (Fsp3) is 0.278. The smallest absolute Gasteiger partial charge is 0.192 e. The summed E-state index contributed by atoms with van der Waals surface area (Å²) in [5.41, 5.74) is -0.394. The number of phenols is 1. The lowest BCUT2D eigenvalue weighted by atomic mass is 9.78. The molecule has 0 aliphatic heterocycles. The van der Waals surface area contributed by atoms with Gasteiger partial charge in [-0.3, -0.25) is 4.79 Å². The molecule has 0 radical (unpaired) electrons. The zero-order chi connectivity index (χ0) is 15.6. The number of benzene rings is 2. The summed E-state index contributed by atoms with van der Waals surface area (Å²) >= 11 is 0. The molecule has 0 heterocycles. The van der Waals surface area contributed by atoms with E-state index in [4.69, 9.17) is 4.74 Å². The number of carbonyl (C=O) groups excluding carboxylic acids is 1. The van der Waals surface area contributed by atoms with E-state index < -0.39 is 5.60 Å². The van der Waals surface area contributed by atoms with Crippen LogP contribution in [-0.2, 0) is 10.4 Å². The fourth-order valence-corrected chi connectivity index (χ4v) is 2.91. The van der Waals surface area contributed by atoms with Crippen molar-refractivity contribution in [1.82, 2.24) is 0 Å². The predicted molar refractivity (Wildman–Crippen MR) is 80.3 cm³/mol. The van der Waals surface area contributed by atoms with Crippen molar-refractivity contribution in [3.63, 3.8) is 0 Å². The number of hydrogen-bond donors (Lipinski definition) is 1. The molecule has 1 atom stereocenters. The van der Waals surface area contributed by atoms with Gasteiger partial charge in [0.1, 0.15) is 17.3 Å². The highest BCUT2D eigenvalue weighted by Crippen LogP contribution is 2.39. The summed E-state index contributed by atoms with van der Waals surface area (Å²) in [5.74, 6) is 0.320. The molecule has 1 fully saturated rings. The largest absolute Gasteiger partial charge is 0.508 e. The first kappa shape index (κ1) is 14.6. The number of Topliss-reactive ketones (excluding diaryl/α,β-unsaturated/α-hetero) is 1. The number of aromatic hydroxyl groups is 1. The maximum atomic E-state index is 13.2. The molecule has 2 aromatic carbocycles. The third-order valence-corrected chi connectivity index (χ3v) is 4.07. The summed E-state index contributed by atoms with van der Waals surface area (Å²) in [6.45, 7) is 0. The maximum absolute atomic E-state index is 13.2. The molecule has 22 heavy (non-hydrogen) atoms. The van der Waals surface area contributed by atoms with Gasteiger partial charge in [-0.25, -0.2) is 4.39 Å². The molecule has 0 bridgehead atoms. The van der Waals surface area contributed by atoms with Gasteiger partial charge in [-0.05, 0) is 55.7 Å². The van der Waals surface area contributed by atoms with Gasteiger partial charge in [-0.1, -0.05) is 12.1 Å². The summed E-state index contributed by atoms with van der Waals surface area (Å²) in [7, 11) is 0. The first-order valence-corrected chi connectivity index (χ1v) is 7.37. The number of rotatable bonds is 3. The zero-order valence-electron chi connectivity index (χ0n) is 12.1. The molecule has 0 unspecified atom stereocenters. The summed E-state index contributed by atoms with van der Waals surface area (Å²) in [6.07, 6.45) is 2.75. The number of hydrogen-bond acceptors (Lipinski definition) is 3. The Kier molecular flexibility index (Phi) is 3.84. The van der Waals surface area contributed by atoms with Crippen LogP contribution in [0.5, 0.6) is 11.5 Å². The van der Waals surface area contributed by atoms with Crippen LogP contribution in [0.3, 0.4) is 0 Å². The zero-order valence-corrected chi connectivity index (χ0v) is 12.1. The summed E-state index contributed by atoms with van der Waals surface area (Å²) in [6, 6.07) is 12.2. The van der Waals surface area contributed by atoms with Crippen LogP contribution in [0.15, 0.2) is 48.5 Å². The van der Waals surface area contributed by atoms with E-state index in [1.807, 2.05) is 0 Å². The van der Waals surface area contributed by atoms with Gasteiger partial charge in [0.05, 0.1) is 0 Å². The average molecular weight is 300 g/mol. The normalized spacial score (nSPS) is 21.6. The molecule has 0 aromatic heterocycles. The highest BCUT2D eigenvalue weighted by molar-refractivity contribution is 5.89. The monoisotopic (exact) mass is 300 g/mol. The van der Waals surface area contributed by atoms with Crippen molar-refractivity contribution in [3.05, 3.63) is 59.9 Å². The van der Waals surface area contributed by atoms with Crippen molar-refractivity contribution < 1.29 is 19.0 Å². The fourth-order valence-electron chi connectivity index (χ4n) is 2.91. The van der Waals surface area contributed by atoms with Gasteiger partial charge >= 0.3 is 0 Å². The molecular formula is C18H17FO3. The first-order chi connectivity index (χ1) is 10.6. The highest BCUT2D eigenvalue weighted by Gasteiger charge is 2.43. The van der Waals surface area contributed by atoms with Crippen LogP contribution in [0, 0.1) is 5.82 Å². The van der Waals surface area contributed by atoms with Gasteiger partial charge in [0.25, 0.3) is 0 Å². The quantitative estimate of drug-likeness (QED) is 0.933. The van der Waals surface area contributed by atoms with Crippen LogP contribution in [0.2, 0.25) is 0 Å². The van der Waals surface area contributed by atoms with Crippen LogP contribution >= 0.6 is 0 Å². The second kappa shape index (κ2) is 5.79. The van der Waals surface area contributed by atoms with Crippen LogP contribution in [0.4, 0.5) is 4.39 Å². The Bertz CT molecular complexity index is 664. The second-order valence-electron chi connectivity index (χ2n) is 5.56. The number of ether oxygens (including phenoxy) is 1. The summed E-state index contributed by atoms with van der Waals surface area (Å²) in [4.78, 5) is 12.6. The minimum Gasteiger partial charge on any atom is -0.508 e. The lowest BCUT2D eigenvalue weighted by molar-refractivity contribution is -0.138. The van der Waals surface area contributed by atoms with Crippen LogP contribution in [0.25, 0.3) is 0 Å². The summed E-state index contributed by atoms with van der Waals surface area (Å²) < 4.78 is 19.2. The van der Waals surface area contributed by atoms with Gasteiger partial charge in [0, 0.05) is 12.0 Å². The van der Waals surface area contributed by atoms with E-state index in [1.165, 1.54) is 24.3 Å². The third kappa shape index (κ3) is 2.69. The highest BCUT2D eigenvalue weighted by atomic mass is 19.1. The van der Waals surface area contributed by atoms with Crippen molar-refractivity contribution >= 4 is 5.78 Å². The van der Waals surface area contributed by atoms with Crippen molar-refractivity contribution in [3.8, 4) is 11.5 Å². The molecule has 2 aromatic rings. The Morgan fingerprint density at radius 1 is 1.00 bits per heavy atom. The molecule has 3 nitrogen and oxygen atoms in total. The van der Waals surface area contributed by atoms with Crippen molar-refractivity contribution in [2.24, 2.45) is 0 Å². The van der Waals surface area contributed by atoms with E-state index in [2.05, 4.69) is 0 Å². The molecule has 1 saturated carbocycles. The van der Waals surface area contributed by atoms with Gasteiger partial charge < -0.3 is 9.84 Å². The molecule has 0 amide bonds. The second-order valence-corrected chi connectivity index (χ2v) is 5.56. The Morgan fingerprint density at radius 3 is 2.32 bits per heavy atom. The average Bonchev–Trinajstić information content (AvgIpc) is 2.53. The van der Waals surface area contributed by atoms with Gasteiger partial charge in [0.2, 0.25) is 0 Å². The molecule has 4 heteroatoms. The number of phenolic OH excluding ortho intramolecular Hbond substituents is 1. The van der Waals surface area contributed by atoms with Crippen molar-refractivity contribution in [1.29, 1.82) is 0 Å². The standard InChI is InChI=1S/C18H17FO3/c19-14-6-4-13(5-7-14)18(12-2-1-3-17(18)21)22-16-10-8-15(20)9-11-16/h4-11,20H,1-3,12H2/t18-/m1/s1. The number of halogens is 1. The Balaban J connectivity index is 2.01. The van der Waals surface area contributed by atoms with E-state index in [0.29, 0.717) is 24.2 Å². The topological polar surface area (TPSA) is 46.5 Å². The molecule has 114 valence electrons. The molecular weight excluding hydrogens is 283 g/mol. The SMILES string of the molecule is O=C1CCCC[C@@]1(Oc1ccc(O)cc1)c1ccc(F)cc1. The van der Waals surface area contributed by atoms with E-state index >= 15 is 0 Å². The van der Waals surface area contributed by atoms with E-state index in [-0.39, 0.29) is 17.3 Å². The Morgan fingerprint density at radius 2 is 1.68 bits per heavy atom. The molecule has 0 saturated heterocycles. The minimum atomic E-state index is -1.07. The van der Waals surface area contributed by atoms with Crippen molar-refractivity contribution in [2.75, 3.05) is 0 Å².